The van der Waals surface area contributed by atoms with E-state index >= 15 is 0 Å². The van der Waals surface area contributed by atoms with Crippen molar-refractivity contribution in [2.24, 2.45) is 0 Å². The van der Waals surface area contributed by atoms with Crippen molar-refractivity contribution in [2.75, 3.05) is 0 Å². The smallest absolute Gasteiger partial charge is 0.358 e. The quantitative estimate of drug-likeness (QED) is 0.858. The number of carboxylic acids is 1. The van der Waals surface area contributed by atoms with E-state index in [0.717, 1.165) is 0 Å². The molecule has 5 heteroatoms. The number of nitrogens with zero attached hydrogens (tertiary/aromatic N) is 3. The molecule has 1 N–H and O–H groups in total. The maximum Gasteiger partial charge on any atom is 0.358 e. The van der Waals surface area contributed by atoms with Crippen molar-refractivity contribution in [2.45, 2.75) is 32.1 Å². The summed E-state index contributed by atoms with van der Waals surface area (Å²) in [6.45, 7) is 1.80. The molecule has 0 aliphatic heterocycles. The molecule has 0 radical (unpaired) electrons. The van der Waals surface area contributed by atoms with E-state index in [1.165, 1.54) is 24.8 Å². The molecule has 2 aromatic heterocycles. The molecule has 2 aromatic rings. The van der Waals surface area contributed by atoms with Crippen molar-refractivity contribution >= 4 is 11.6 Å². The standard InChI is InChI=1S/C12H13N3O2/c1-7-14-10(12(16)17)11-13-5-9(6-15(7)11)8-3-2-4-8/h5-6,8H,2-4H2,1H3,(H,16,17). The van der Waals surface area contributed by atoms with Crippen molar-refractivity contribution in [1.82, 2.24) is 14.4 Å². The van der Waals surface area contributed by atoms with Crippen molar-refractivity contribution in [1.29, 1.82) is 0 Å². The normalized spacial score (nSPS) is 16.1. The largest absolute Gasteiger partial charge is 0.476 e. The van der Waals surface area contributed by atoms with E-state index in [1.807, 2.05) is 6.20 Å². The lowest BCUT2D eigenvalue weighted by Crippen LogP contribution is -2.10. The highest BCUT2D eigenvalue weighted by atomic mass is 16.4. The zero-order chi connectivity index (χ0) is 12.0. The highest BCUT2D eigenvalue weighted by Crippen LogP contribution is 2.36. The SMILES string of the molecule is Cc1nc(C(=O)O)c2ncc(C3CCC3)cn12. The monoisotopic (exact) mass is 231 g/mol. The minimum absolute atomic E-state index is 0.0302. The summed E-state index contributed by atoms with van der Waals surface area (Å²) in [6, 6.07) is 0. The third-order valence-electron chi connectivity index (χ3n) is 3.46. The van der Waals surface area contributed by atoms with Crippen LogP contribution < -0.4 is 0 Å². The Labute approximate surface area is 98.1 Å². The first-order valence-electron chi connectivity index (χ1n) is 5.74. The first kappa shape index (κ1) is 10.3. The van der Waals surface area contributed by atoms with Gasteiger partial charge in [-0.1, -0.05) is 6.42 Å². The van der Waals surface area contributed by atoms with Crippen LogP contribution in [-0.4, -0.2) is 25.4 Å². The molecule has 1 aliphatic rings. The van der Waals surface area contributed by atoms with Gasteiger partial charge in [-0.25, -0.2) is 14.8 Å². The predicted molar refractivity (Wildman–Crippen MR) is 61.3 cm³/mol. The summed E-state index contributed by atoms with van der Waals surface area (Å²) in [5.74, 6) is 0.229. The van der Waals surface area contributed by atoms with Crippen LogP contribution in [0.3, 0.4) is 0 Å². The van der Waals surface area contributed by atoms with Crippen LogP contribution in [0.15, 0.2) is 12.4 Å². The van der Waals surface area contributed by atoms with Crippen LogP contribution in [-0.2, 0) is 0 Å². The Bertz CT molecular complexity index is 599. The Hall–Kier alpha value is -1.91. The van der Waals surface area contributed by atoms with Gasteiger partial charge < -0.3 is 5.11 Å². The highest BCUT2D eigenvalue weighted by Gasteiger charge is 2.22. The van der Waals surface area contributed by atoms with Gasteiger partial charge in [-0.2, -0.15) is 0 Å². The molecule has 0 unspecified atom stereocenters. The fourth-order valence-corrected chi connectivity index (χ4v) is 2.22. The third kappa shape index (κ3) is 1.50. The minimum atomic E-state index is -1.03. The molecule has 1 aliphatic carbocycles. The van der Waals surface area contributed by atoms with Gasteiger partial charge in [-0.05, 0) is 31.2 Å². The Morgan fingerprint density at radius 1 is 1.53 bits per heavy atom. The summed E-state index contributed by atoms with van der Waals surface area (Å²) >= 11 is 0. The predicted octanol–water partition coefficient (Wildman–Crippen LogP) is 2.00. The molecule has 5 nitrogen and oxygen atoms in total. The van der Waals surface area contributed by atoms with E-state index in [1.54, 1.807) is 17.5 Å². The zero-order valence-electron chi connectivity index (χ0n) is 9.55. The Morgan fingerprint density at radius 2 is 2.29 bits per heavy atom. The second kappa shape index (κ2) is 3.55. The zero-order valence-corrected chi connectivity index (χ0v) is 9.55. The van der Waals surface area contributed by atoms with E-state index in [9.17, 15) is 4.79 Å². The lowest BCUT2D eigenvalue weighted by molar-refractivity contribution is 0.0693. The lowest BCUT2D eigenvalue weighted by Gasteiger charge is -2.25. The summed E-state index contributed by atoms with van der Waals surface area (Å²) in [6.07, 6.45) is 7.43. The number of aromatic nitrogens is 3. The molecular formula is C12H13N3O2. The number of hydrogen-bond acceptors (Lipinski definition) is 3. The summed E-state index contributed by atoms with van der Waals surface area (Å²) in [4.78, 5) is 19.3. The fraction of sp³-hybridized carbons (Fsp3) is 0.417. The van der Waals surface area contributed by atoms with Crippen LogP contribution in [0.2, 0.25) is 0 Å². The number of fused-ring (bicyclic) bond motifs is 1. The van der Waals surface area contributed by atoms with Gasteiger partial charge >= 0.3 is 5.97 Å². The van der Waals surface area contributed by atoms with Crippen molar-refractivity contribution in [3.63, 3.8) is 0 Å². The van der Waals surface area contributed by atoms with E-state index < -0.39 is 5.97 Å². The molecule has 17 heavy (non-hydrogen) atoms. The van der Waals surface area contributed by atoms with E-state index in [-0.39, 0.29) is 5.69 Å². The number of imidazole rings is 1. The maximum absolute atomic E-state index is 11.0. The van der Waals surface area contributed by atoms with Crippen molar-refractivity contribution < 1.29 is 9.90 Å². The van der Waals surface area contributed by atoms with E-state index in [4.69, 9.17) is 5.11 Å². The number of aromatic carboxylic acids is 1. The molecule has 0 amide bonds. The molecule has 0 bridgehead atoms. The first-order chi connectivity index (χ1) is 8.16. The van der Waals surface area contributed by atoms with Crippen LogP contribution >= 0.6 is 0 Å². The van der Waals surface area contributed by atoms with Crippen LogP contribution in [0, 0.1) is 6.92 Å². The molecule has 0 aromatic carbocycles. The lowest BCUT2D eigenvalue weighted by atomic mass is 9.81. The molecular weight excluding hydrogens is 218 g/mol. The van der Waals surface area contributed by atoms with Crippen molar-refractivity contribution in [3.05, 3.63) is 29.5 Å². The molecule has 3 rings (SSSR count). The van der Waals surface area contributed by atoms with Crippen LogP contribution in [0.25, 0.3) is 5.65 Å². The van der Waals surface area contributed by atoms with Gasteiger partial charge in [0.2, 0.25) is 0 Å². The van der Waals surface area contributed by atoms with Crippen molar-refractivity contribution in [3.8, 4) is 0 Å². The van der Waals surface area contributed by atoms with Gasteiger partial charge in [0.25, 0.3) is 0 Å². The number of aryl methyl sites for hydroxylation is 1. The van der Waals surface area contributed by atoms with Crippen LogP contribution in [0.4, 0.5) is 0 Å². The average molecular weight is 231 g/mol. The fourth-order valence-electron chi connectivity index (χ4n) is 2.22. The van der Waals surface area contributed by atoms with Crippen LogP contribution in [0.1, 0.15) is 47.1 Å². The number of carbonyl (C=O) groups is 1. The Balaban J connectivity index is 2.16. The molecule has 0 saturated heterocycles. The van der Waals surface area contributed by atoms with Gasteiger partial charge in [-0.3, -0.25) is 4.40 Å². The molecule has 0 atom stereocenters. The highest BCUT2D eigenvalue weighted by molar-refractivity contribution is 5.92. The van der Waals surface area contributed by atoms with Gasteiger partial charge in [0.05, 0.1) is 0 Å². The summed E-state index contributed by atoms with van der Waals surface area (Å²) in [5.41, 5.74) is 1.64. The van der Waals surface area contributed by atoms with Gasteiger partial charge in [-0.15, -0.1) is 0 Å². The summed E-state index contributed by atoms with van der Waals surface area (Å²) < 4.78 is 1.77. The Morgan fingerprint density at radius 3 is 2.88 bits per heavy atom. The number of rotatable bonds is 2. The van der Waals surface area contributed by atoms with E-state index in [0.29, 0.717) is 17.4 Å². The third-order valence-corrected chi connectivity index (χ3v) is 3.46. The van der Waals surface area contributed by atoms with Gasteiger partial charge in [0, 0.05) is 12.4 Å². The van der Waals surface area contributed by atoms with Gasteiger partial charge in [0.15, 0.2) is 11.3 Å². The second-order valence-electron chi connectivity index (χ2n) is 4.52. The van der Waals surface area contributed by atoms with Crippen LogP contribution in [0.5, 0.6) is 0 Å². The molecule has 2 heterocycles. The topological polar surface area (TPSA) is 67.5 Å². The summed E-state index contributed by atoms with van der Waals surface area (Å²) in [7, 11) is 0. The number of hydrogen-bond donors (Lipinski definition) is 1. The number of carboxylic acid groups (broad SMARTS) is 1. The van der Waals surface area contributed by atoms with Gasteiger partial charge in [0.1, 0.15) is 5.82 Å². The summed E-state index contributed by atoms with van der Waals surface area (Å²) in [5, 5.41) is 9.02. The minimum Gasteiger partial charge on any atom is -0.476 e. The Kier molecular flexibility index (Phi) is 2.14. The first-order valence-corrected chi connectivity index (χ1v) is 5.74. The molecule has 1 fully saturated rings. The average Bonchev–Trinajstić information content (AvgIpc) is 2.54. The molecule has 0 spiro atoms. The van der Waals surface area contributed by atoms with E-state index in [2.05, 4.69) is 9.97 Å². The molecule has 88 valence electrons. The molecule has 1 saturated carbocycles. The second-order valence-corrected chi connectivity index (χ2v) is 4.52. The maximum atomic E-state index is 11.0.